The lowest BCUT2D eigenvalue weighted by atomic mass is 10.1. The van der Waals surface area contributed by atoms with Gasteiger partial charge < -0.3 is 10.6 Å². The highest BCUT2D eigenvalue weighted by molar-refractivity contribution is 7.99. The zero-order valence-electron chi connectivity index (χ0n) is 11.1. The molecule has 0 amide bonds. The van der Waals surface area contributed by atoms with E-state index >= 15 is 0 Å². The third-order valence-electron chi connectivity index (χ3n) is 2.83. The second kappa shape index (κ2) is 8.43. The minimum atomic E-state index is 0.699. The van der Waals surface area contributed by atoms with Crippen LogP contribution in [-0.2, 0) is 0 Å². The second-order valence-corrected chi connectivity index (χ2v) is 5.51. The first kappa shape index (κ1) is 14.4. The van der Waals surface area contributed by atoms with Gasteiger partial charge in [-0.25, -0.2) is 0 Å². The third kappa shape index (κ3) is 5.46. The van der Waals surface area contributed by atoms with Gasteiger partial charge in [-0.2, -0.15) is 0 Å². The van der Waals surface area contributed by atoms with E-state index in [-0.39, 0.29) is 0 Å². The lowest BCUT2D eigenvalue weighted by Crippen LogP contribution is -2.24. The van der Waals surface area contributed by atoms with Gasteiger partial charge in [-0.1, -0.05) is 20.3 Å². The van der Waals surface area contributed by atoms with E-state index in [9.17, 15) is 0 Å². The summed E-state index contributed by atoms with van der Waals surface area (Å²) in [5.41, 5.74) is 1.22. The molecule has 0 spiro atoms. The number of nitrogens with one attached hydrogen (secondary N) is 2. The fourth-order valence-corrected chi connectivity index (χ4v) is 2.41. The van der Waals surface area contributed by atoms with Crippen molar-refractivity contribution in [1.82, 2.24) is 5.32 Å². The number of benzene rings is 1. The first-order chi connectivity index (χ1) is 8.30. The zero-order valence-corrected chi connectivity index (χ0v) is 11.9. The molecule has 0 bridgehead atoms. The van der Waals surface area contributed by atoms with Gasteiger partial charge in [-0.05, 0) is 49.5 Å². The first-order valence-corrected chi connectivity index (χ1v) is 7.40. The molecule has 2 N–H and O–H groups in total. The van der Waals surface area contributed by atoms with Crippen molar-refractivity contribution in [2.24, 2.45) is 5.92 Å². The molecule has 1 unspecified atom stereocenters. The third-order valence-corrected chi connectivity index (χ3v) is 3.72. The van der Waals surface area contributed by atoms with Crippen LogP contribution in [0.1, 0.15) is 20.3 Å². The predicted octanol–water partition coefficient (Wildman–Crippen LogP) is 3.46. The molecule has 3 heteroatoms. The highest BCUT2D eigenvalue weighted by atomic mass is 32.2. The van der Waals surface area contributed by atoms with Crippen LogP contribution in [-0.4, -0.2) is 25.9 Å². The molecule has 0 fully saturated rings. The molecule has 17 heavy (non-hydrogen) atoms. The summed E-state index contributed by atoms with van der Waals surface area (Å²) in [5.74, 6) is 1.83. The Bertz CT molecular complexity index is 298. The molecule has 96 valence electrons. The fraction of sp³-hybridized carbons (Fsp3) is 0.571. The Hall–Kier alpha value is -0.670. The Morgan fingerprint density at radius 3 is 2.35 bits per heavy atom. The number of hydrogen-bond donors (Lipinski definition) is 2. The quantitative estimate of drug-likeness (QED) is 0.693. The van der Waals surface area contributed by atoms with Crippen molar-refractivity contribution in [2.75, 3.05) is 31.2 Å². The average molecular weight is 252 g/mol. The van der Waals surface area contributed by atoms with Crippen molar-refractivity contribution >= 4 is 17.4 Å². The maximum Gasteiger partial charge on any atom is 0.0341 e. The van der Waals surface area contributed by atoms with Crippen LogP contribution >= 0.6 is 11.8 Å². The summed E-state index contributed by atoms with van der Waals surface area (Å²) >= 11 is 1.88. The fourth-order valence-electron chi connectivity index (χ4n) is 1.75. The van der Waals surface area contributed by atoms with E-state index in [1.807, 2.05) is 18.8 Å². The van der Waals surface area contributed by atoms with Crippen LogP contribution in [0.5, 0.6) is 0 Å². The smallest absolute Gasteiger partial charge is 0.0341 e. The summed E-state index contributed by atoms with van der Waals surface area (Å²) in [6.45, 7) is 6.54. The Morgan fingerprint density at radius 2 is 1.82 bits per heavy atom. The van der Waals surface area contributed by atoms with Crippen LogP contribution in [0.2, 0.25) is 0 Å². The molecule has 0 aliphatic rings. The first-order valence-electron chi connectivity index (χ1n) is 6.41. The Labute approximate surface area is 110 Å². The van der Waals surface area contributed by atoms with Crippen LogP contribution in [0, 0.1) is 5.92 Å². The van der Waals surface area contributed by atoms with Gasteiger partial charge in [0.15, 0.2) is 0 Å². The molecule has 2 nitrogen and oxygen atoms in total. The van der Waals surface area contributed by atoms with Gasteiger partial charge in [0.25, 0.3) is 0 Å². The van der Waals surface area contributed by atoms with Crippen LogP contribution < -0.4 is 10.6 Å². The minimum absolute atomic E-state index is 0.699. The molecular weight excluding hydrogens is 228 g/mol. The van der Waals surface area contributed by atoms with E-state index in [4.69, 9.17) is 0 Å². The van der Waals surface area contributed by atoms with E-state index in [1.54, 1.807) is 0 Å². The zero-order chi connectivity index (χ0) is 12.5. The van der Waals surface area contributed by atoms with E-state index in [0.717, 1.165) is 18.8 Å². The Morgan fingerprint density at radius 1 is 1.12 bits per heavy atom. The van der Waals surface area contributed by atoms with E-state index in [1.165, 1.54) is 17.0 Å². The summed E-state index contributed by atoms with van der Waals surface area (Å²) < 4.78 is 0. The molecule has 1 rings (SSSR count). The van der Waals surface area contributed by atoms with Crippen LogP contribution in [0.3, 0.4) is 0 Å². The normalized spacial score (nSPS) is 12.4. The molecule has 0 saturated heterocycles. The van der Waals surface area contributed by atoms with Gasteiger partial charge in [0.05, 0.1) is 0 Å². The monoisotopic (exact) mass is 252 g/mol. The highest BCUT2D eigenvalue weighted by Gasteiger charge is 2.04. The number of hydrogen-bond acceptors (Lipinski definition) is 3. The molecule has 1 aromatic carbocycles. The van der Waals surface area contributed by atoms with Crippen molar-refractivity contribution in [1.29, 1.82) is 0 Å². The Kier molecular flexibility index (Phi) is 7.13. The van der Waals surface area contributed by atoms with Crippen LogP contribution in [0.15, 0.2) is 29.2 Å². The van der Waals surface area contributed by atoms with Crippen molar-refractivity contribution in [3.8, 4) is 0 Å². The molecule has 0 heterocycles. The standard InChI is InChI=1S/C14H24N2S/c1-4-12(10-15-3)11-16-13-6-8-14(9-7-13)17-5-2/h6-9,12,15-16H,4-5,10-11H2,1-3H3. The molecule has 1 atom stereocenters. The number of rotatable bonds is 8. The number of anilines is 1. The SMILES string of the molecule is CCSc1ccc(NCC(CC)CNC)cc1. The van der Waals surface area contributed by atoms with Crippen molar-refractivity contribution in [2.45, 2.75) is 25.2 Å². The molecule has 0 radical (unpaired) electrons. The van der Waals surface area contributed by atoms with Gasteiger partial charge in [-0.15, -0.1) is 11.8 Å². The van der Waals surface area contributed by atoms with Crippen molar-refractivity contribution in [3.05, 3.63) is 24.3 Å². The Balaban J connectivity index is 2.40. The largest absolute Gasteiger partial charge is 0.385 e. The molecule has 0 aliphatic heterocycles. The summed E-state index contributed by atoms with van der Waals surface area (Å²) in [6, 6.07) is 8.72. The van der Waals surface area contributed by atoms with Gasteiger partial charge in [0.2, 0.25) is 0 Å². The molecule has 0 saturated carbocycles. The summed E-state index contributed by atoms with van der Waals surface area (Å²) in [6.07, 6.45) is 1.21. The maximum absolute atomic E-state index is 3.50. The van der Waals surface area contributed by atoms with Crippen molar-refractivity contribution < 1.29 is 0 Å². The van der Waals surface area contributed by atoms with Crippen LogP contribution in [0.4, 0.5) is 5.69 Å². The highest BCUT2D eigenvalue weighted by Crippen LogP contribution is 2.19. The lowest BCUT2D eigenvalue weighted by molar-refractivity contribution is 0.506. The average Bonchev–Trinajstić information content (AvgIpc) is 2.36. The summed E-state index contributed by atoms with van der Waals surface area (Å²) in [7, 11) is 2.01. The van der Waals surface area contributed by atoms with Gasteiger partial charge >= 0.3 is 0 Å². The van der Waals surface area contributed by atoms with Gasteiger partial charge in [0.1, 0.15) is 0 Å². The summed E-state index contributed by atoms with van der Waals surface area (Å²) in [5, 5.41) is 6.74. The molecule has 0 aliphatic carbocycles. The predicted molar refractivity (Wildman–Crippen MR) is 79.0 cm³/mol. The molecule has 1 aromatic rings. The lowest BCUT2D eigenvalue weighted by Gasteiger charge is -2.16. The minimum Gasteiger partial charge on any atom is -0.385 e. The van der Waals surface area contributed by atoms with Crippen molar-refractivity contribution in [3.63, 3.8) is 0 Å². The summed E-state index contributed by atoms with van der Waals surface area (Å²) in [4.78, 5) is 1.35. The maximum atomic E-state index is 3.50. The van der Waals surface area contributed by atoms with Gasteiger partial charge in [-0.3, -0.25) is 0 Å². The topological polar surface area (TPSA) is 24.1 Å². The second-order valence-electron chi connectivity index (χ2n) is 4.17. The molecule has 0 aromatic heterocycles. The van der Waals surface area contributed by atoms with E-state index in [2.05, 4.69) is 48.7 Å². The molecular formula is C14H24N2S. The van der Waals surface area contributed by atoms with Crippen LogP contribution in [0.25, 0.3) is 0 Å². The van der Waals surface area contributed by atoms with E-state index < -0.39 is 0 Å². The van der Waals surface area contributed by atoms with E-state index in [0.29, 0.717) is 5.92 Å². The number of thioether (sulfide) groups is 1. The van der Waals surface area contributed by atoms with Gasteiger partial charge in [0, 0.05) is 17.1 Å².